The van der Waals surface area contributed by atoms with Crippen LogP contribution in [0.15, 0.2) is 65.6 Å². The van der Waals surface area contributed by atoms with E-state index in [-0.39, 0.29) is 10.5 Å². The average Bonchev–Trinajstić information content (AvgIpc) is 2.46. The quantitative estimate of drug-likeness (QED) is 0.666. The van der Waals surface area contributed by atoms with E-state index in [1.54, 1.807) is 12.1 Å². The molecular weight excluding hydrogens is 316 g/mol. The number of hydrogen-bond acceptors (Lipinski definition) is 5. The van der Waals surface area contributed by atoms with E-state index < -0.39 is 25.7 Å². The van der Waals surface area contributed by atoms with Crippen LogP contribution in [0.25, 0.3) is 0 Å². The Bertz CT molecular complexity index is 798. The van der Waals surface area contributed by atoms with Crippen LogP contribution in [-0.2, 0) is 24.4 Å². The number of benzene rings is 2. The Morgan fingerprint density at radius 2 is 1.29 bits per heavy atom. The van der Waals surface area contributed by atoms with E-state index in [1.165, 1.54) is 48.5 Å². The fourth-order valence-corrected chi connectivity index (χ4v) is 3.80. The van der Waals surface area contributed by atoms with Crippen molar-refractivity contribution in [2.75, 3.05) is 0 Å². The molecule has 0 aliphatic heterocycles. The van der Waals surface area contributed by atoms with E-state index in [0.717, 1.165) is 0 Å². The molecule has 6 nitrogen and oxygen atoms in total. The van der Waals surface area contributed by atoms with Gasteiger partial charge in [0.05, 0.1) is 4.90 Å². The van der Waals surface area contributed by atoms with Crippen LogP contribution in [0.4, 0.5) is 0 Å². The molecule has 1 atom stereocenters. The molecule has 0 heterocycles. The van der Waals surface area contributed by atoms with Gasteiger partial charge in [0.2, 0.25) is 5.44 Å². The van der Waals surface area contributed by atoms with Gasteiger partial charge < -0.3 is 0 Å². The van der Waals surface area contributed by atoms with Crippen LogP contribution in [0.3, 0.4) is 0 Å². The van der Waals surface area contributed by atoms with Crippen LogP contribution in [0.5, 0.6) is 0 Å². The average molecular weight is 328 g/mol. The Hall–Kier alpha value is -1.74. The van der Waals surface area contributed by atoms with E-state index in [4.69, 9.17) is 4.18 Å². The molecule has 0 fully saturated rings. The molecule has 0 bridgehead atoms. The Morgan fingerprint density at radius 1 is 0.810 bits per heavy atom. The summed E-state index contributed by atoms with van der Waals surface area (Å²) in [6.45, 7) is 0. The predicted octanol–water partition coefficient (Wildman–Crippen LogP) is 1.98. The van der Waals surface area contributed by atoms with Crippen molar-refractivity contribution in [3.63, 3.8) is 0 Å². The maximum absolute atomic E-state index is 12.1. The Morgan fingerprint density at radius 3 is 1.76 bits per heavy atom. The molecule has 1 N–H and O–H groups in total. The Kier molecular flexibility index (Phi) is 4.43. The summed E-state index contributed by atoms with van der Waals surface area (Å²) < 4.78 is 60.9. The zero-order valence-corrected chi connectivity index (χ0v) is 12.3. The molecule has 0 saturated heterocycles. The summed E-state index contributed by atoms with van der Waals surface area (Å²) in [6.07, 6.45) is 0. The highest BCUT2D eigenvalue weighted by molar-refractivity contribution is 7.89. The van der Waals surface area contributed by atoms with E-state index in [9.17, 15) is 21.4 Å². The highest BCUT2D eigenvalue weighted by atomic mass is 32.2. The van der Waals surface area contributed by atoms with E-state index in [1.807, 2.05) is 0 Å². The normalized spacial score (nSPS) is 13.8. The van der Waals surface area contributed by atoms with Gasteiger partial charge in [0.15, 0.2) is 0 Å². The SMILES string of the molecule is O=S(=O)(OC(c1ccccc1)S(=O)(=O)O)c1ccccc1. The van der Waals surface area contributed by atoms with Crippen LogP contribution >= 0.6 is 0 Å². The van der Waals surface area contributed by atoms with Crippen molar-refractivity contribution in [3.05, 3.63) is 66.2 Å². The molecule has 0 aliphatic rings. The third-order valence-corrected chi connectivity index (χ3v) is 4.91. The predicted molar refractivity (Wildman–Crippen MR) is 75.4 cm³/mol. The lowest BCUT2D eigenvalue weighted by Gasteiger charge is -2.15. The van der Waals surface area contributed by atoms with Gasteiger partial charge in [-0.2, -0.15) is 16.8 Å². The van der Waals surface area contributed by atoms with Gasteiger partial charge in [0, 0.05) is 0 Å². The Labute approximate surface area is 122 Å². The maximum Gasteiger partial charge on any atom is 0.298 e. The first-order valence-electron chi connectivity index (χ1n) is 5.80. The molecule has 2 rings (SSSR count). The summed E-state index contributed by atoms with van der Waals surface area (Å²) in [5.41, 5.74) is -2.00. The van der Waals surface area contributed by atoms with Gasteiger partial charge in [-0.05, 0) is 17.7 Å². The van der Waals surface area contributed by atoms with Crippen molar-refractivity contribution < 1.29 is 25.6 Å². The standard InChI is InChI=1S/C13H12O6S2/c14-20(15,16)13(11-7-3-1-4-8-11)19-21(17,18)12-9-5-2-6-10-12/h1-10,13H,(H,14,15,16). The fourth-order valence-electron chi connectivity index (χ4n) is 1.65. The smallest absolute Gasteiger partial charge is 0.283 e. The summed E-state index contributed by atoms with van der Waals surface area (Å²) in [7, 11) is -9.09. The van der Waals surface area contributed by atoms with Crippen LogP contribution < -0.4 is 0 Å². The minimum absolute atomic E-state index is 0.0134. The molecule has 8 heteroatoms. The summed E-state index contributed by atoms with van der Waals surface area (Å²) >= 11 is 0. The minimum atomic E-state index is -4.76. The molecule has 0 amide bonds. The highest BCUT2D eigenvalue weighted by Crippen LogP contribution is 2.27. The molecule has 0 radical (unpaired) electrons. The highest BCUT2D eigenvalue weighted by Gasteiger charge is 2.32. The summed E-state index contributed by atoms with van der Waals surface area (Å²) in [5.74, 6) is 0. The molecule has 2 aromatic rings. The van der Waals surface area contributed by atoms with Gasteiger partial charge in [-0.1, -0.05) is 48.5 Å². The van der Waals surface area contributed by atoms with Crippen LogP contribution in [0.1, 0.15) is 11.0 Å². The van der Waals surface area contributed by atoms with Crippen molar-refractivity contribution >= 4 is 20.2 Å². The fraction of sp³-hybridized carbons (Fsp3) is 0.0769. The minimum Gasteiger partial charge on any atom is -0.283 e. The van der Waals surface area contributed by atoms with Crippen LogP contribution in [0.2, 0.25) is 0 Å². The molecule has 0 spiro atoms. The first-order chi connectivity index (χ1) is 9.81. The van der Waals surface area contributed by atoms with Gasteiger partial charge in [0.1, 0.15) is 0 Å². The van der Waals surface area contributed by atoms with Crippen LogP contribution in [-0.4, -0.2) is 21.4 Å². The molecule has 1 unspecified atom stereocenters. The van der Waals surface area contributed by atoms with Crippen LogP contribution in [0, 0.1) is 0 Å². The lowest BCUT2D eigenvalue weighted by Crippen LogP contribution is -2.20. The number of rotatable bonds is 5. The van der Waals surface area contributed by atoms with Crippen molar-refractivity contribution in [1.29, 1.82) is 0 Å². The van der Waals surface area contributed by atoms with Crippen molar-refractivity contribution in [3.8, 4) is 0 Å². The molecule has 21 heavy (non-hydrogen) atoms. The zero-order valence-electron chi connectivity index (χ0n) is 10.7. The first kappa shape index (κ1) is 15.6. The van der Waals surface area contributed by atoms with Gasteiger partial charge in [-0.3, -0.25) is 4.55 Å². The molecule has 2 aromatic carbocycles. The second kappa shape index (κ2) is 5.94. The third-order valence-electron chi connectivity index (χ3n) is 2.59. The van der Waals surface area contributed by atoms with E-state index in [0.29, 0.717) is 0 Å². The van der Waals surface area contributed by atoms with Crippen molar-refractivity contribution in [2.45, 2.75) is 10.3 Å². The van der Waals surface area contributed by atoms with E-state index >= 15 is 0 Å². The van der Waals surface area contributed by atoms with Gasteiger partial charge in [-0.25, -0.2) is 4.18 Å². The zero-order chi connectivity index (χ0) is 15.5. The summed E-state index contributed by atoms with van der Waals surface area (Å²) in [4.78, 5) is -0.199. The van der Waals surface area contributed by atoms with E-state index in [2.05, 4.69) is 0 Å². The summed E-state index contributed by atoms with van der Waals surface area (Å²) in [5, 5.41) is 0. The van der Waals surface area contributed by atoms with Gasteiger partial charge >= 0.3 is 0 Å². The molecule has 0 saturated carbocycles. The third kappa shape index (κ3) is 3.88. The van der Waals surface area contributed by atoms with Gasteiger partial charge in [-0.15, -0.1) is 0 Å². The molecule has 112 valence electrons. The maximum atomic E-state index is 12.1. The largest absolute Gasteiger partial charge is 0.298 e. The summed E-state index contributed by atoms with van der Waals surface area (Å²) in [6, 6.07) is 14.4. The topological polar surface area (TPSA) is 97.7 Å². The van der Waals surface area contributed by atoms with Crippen molar-refractivity contribution in [1.82, 2.24) is 0 Å². The van der Waals surface area contributed by atoms with Crippen molar-refractivity contribution in [2.24, 2.45) is 0 Å². The lowest BCUT2D eigenvalue weighted by molar-refractivity contribution is 0.266. The lowest BCUT2D eigenvalue weighted by atomic mass is 10.2. The van der Waals surface area contributed by atoms with Gasteiger partial charge in [0.25, 0.3) is 20.2 Å². The monoisotopic (exact) mass is 328 g/mol. The number of hydrogen-bond donors (Lipinski definition) is 1. The Balaban J connectivity index is 2.42. The second-order valence-corrected chi connectivity index (χ2v) is 7.15. The first-order valence-corrected chi connectivity index (χ1v) is 8.71. The second-order valence-electron chi connectivity index (χ2n) is 4.12. The molecule has 0 aromatic heterocycles. The molecular formula is C13H12O6S2. The molecule has 0 aliphatic carbocycles.